The first kappa shape index (κ1) is 17.6. The second kappa shape index (κ2) is 8.22. The smallest absolute Gasteiger partial charge is 0.270 e. The van der Waals surface area contributed by atoms with E-state index in [1.165, 1.54) is 16.9 Å². The zero-order valence-electron chi connectivity index (χ0n) is 13.7. The number of aliphatic hydroxyl groups is 1. The van der Waals surface area contributed by atoms with Gasteiger partial charge in [0.05, 0.1) is 5.01 Å². The van der Waals surface area contributed by atoms with Gasteiger partial charge < -0.3 is 10.4 Å². The van der Waals surface area contributed by atoms with Crippen molar-refractivity contribution in [3.63, 3.8) is 0 Å². The summed E-state index contributed by atoms with van der Waals surface area (Å²) in [4.78, 5) is 16.6. The highest BCUT2D eigenvalue weighted by Gasteiger charge is 2.19. The Hall–Kier alpha value is -1.72. The van der Waals surface area contributed by atoms with Crippen LogP contribution in [0.3, 0.4) is 0 Å². The van der Waals surface area contributed by atoms with Gasteiger partial charge in [-0.25, -0.2) is 4.98 Å². The van der Waals surface area contributed by atoms with Gasteiger partial charge in [0.15, 0.2) is 0 Å². The van der Waals surface area contributed by atoms with Gasteiger partial charge in [0.25, 0.3) is 5.91 Å². The molecule has 1 aromatic carbocycles. The lowest BCUT2D eigenvalue weighted by Gasteiger charge is -2.23. The molecule has 23 heavy (non-hydrogen) atoms. The highest BCUT2D eigenvalue weighted by Crippen LogP contribution is 2.18. The number of hydrogen-bond acceptors (Lipinski definition) is 4. The summed E-state index contributed by atoms with van der Waals surface area (Å²) >= 11 is 1.53. The van der Waals surface area contributed by atoms with E-state index < -0.39 is 0 Å². The van der Waals surface area contributed by atoms with Crippen LogP contribution in [0.1, 0.15) is 41.3 Å². The van der Waals surface area contributed by atoms with Gasteiger partial charge >= 0.3 is 0 Å². The molecule has 124 valence electrons. The fraction of sp³-hybridized carbons (Fsp3) is 0.444. The molecule has 0 fully saturated rings. The minimum atomic E-state index is -0.141. The predicted molar refractivity (Wildman–Crippen MR) is 93.8 cm³/mol. The number of thiazole rings is 1. The second-order valence-electron chi connectivity index (χ2n) is 6.43. The summed E-state index contributed by atoms with van der Waals surface area (Å²) in [6, 6.07) is 10.3. The minimum Gasteiger partial charge on any atom is -0.396 e. The molecule has 2 N–H and O–H groups in total. The van der Waals surface area contributed by atoms with Crippen molar-refractivity contribution < 1.29 is 9.90 Å². The van der Waals surface area contributed by atoms with E-state index in [1.54, 1.807) is 0 Å². The fourth-order valence-electron chi connectivity index (χ4n) is 2.23. The van der Waals surface area contributed by atoms with Gasteiger partial charge in [-0.1, -0.05) is 44.2 Å². The van der Waals surface area contributed by atoms with Crippen LogP contribution >= 0.6 is 11.3 Å². The normalized spacial score (nSPS) is 11.4. The maximum absolute atomic E-state index is 12.2. The average Bonchev–Trinajstić information content (AvgIpc) is 3.01. The SMILES string of the molecule is CC(C)(CCO)CNC(=O)c1csc(CCc2ccccc2)n1. The van der Waals surface area contributed by atoms with E-state index in [1.807, 2.05) is 37.4 Å². The van der Waals surface area contributed by atoms with E-state index in [0.717, 1.165) is 17.8 Å². The summed E-state index contributed by atoms with van der Waals surface area (Å²) < 4.78 is 0. The fourth-order valence-corrected chi connectivity index (χ4v) is 3.01. The highest BCUT2D eigenvalue weighted by atomic mass is 32.1. The van der Waals surface area contributed by atoms with Crippen LogP contribution in [0.2, 0.25) is 0 Å². The van der Waals surface area contributed by atoms with Crippen molar-refractivity contribution in [1.29, 1.82) is 0 Å². The Morgan fingerprint density at radius 1 is 1.26 bits per heavy atom. The molecule has 1 aromatic heterocycles. The van der Waals surface area contributed by atoms with Crippen molar-refractivity contribution in [3.8, 4) is 0 Å². The molecule has 5 heteroatoms. The zero-order chi connectivity index (χ0) is 16.7. The third kappa shape index (κ3) is 5.77. The third-order valence-electron chi connectivity index (χ3n) is 3.77. The third-order valence-corrected chi connectivity index (χ3v) is 4.68. The van der Waals surface area contributed by atoms with Crippen molar-refractivity contribution >= 4 is 17.2 Å². The molecule has 0 saturated carbocycles. The van der Waals surface area contributed by atoms with Crippen LogP contribution in [0.5, 0.6) is 0 Å². The maximum Gasteiger partial charge on any atom is 0.270 e. The van der Waals surface area contributed by atoms with Crippen LogP contribution in [0.4, 0.5) is 0 Å². The van der Waals surface area contributed by atoms with Gasteiger partial charge in [-0.15, -0.1) is 11.3 Å². The molecule has 0 atom stereocenters. The van der Waals surface area contributed by atoms with E-state index in [2.05, 4.69) is 22.4 Å². The molecule has 0 radical (unpaired) electrons. The van der Waals surface area contributed by atoms with Crippen LogP contribution in [0, 0.1) is 5.41 Å². The molecule has 2 rings (SSSR count). The lowest BCUT2D eigenvalue weighted by molar-refractivity contribution is 0.0923. The molecule has 0 aliphatic carbocycles. The van der Waals surface area contributed by atoms with Crippen molar-refractivity contribution in [3.05, 3.63) is 52.0 Å². The van der Waals surface area contributed by atoms with Crippen molar-refractivity contribution in [2.24, 2.45) is 5.41 Å². The Kier molecular flexibility index (Phi) is 6.30. The molecular formula is C18H24N2O2S. The molecule has 0 saturated heterocycles. The Morgan fingerprint density at radius 3 is 2.70 bits per heavy atom. The number of aromatic nitrogens is 1. The van der Waals surface area contributed by atoms with E-state index in [4.69, 9.17) is 5.11 Å². The Labute approximate surface area is 141 Å². The number of aliphatic hydroxyl groups excluding tert-OH is 1. The van der Waals surface area contributed by atoms with Gasteiger partial charge in [0.1, 0.15) is 5.69 Å². The molecule has 0 unspecified atom stereocenters. The van der Waals surface area contributed by atoms with Crippen molar-refractivity contribution in [2.45, 2.75) is 33.1 Å². The van der Waals surface area contributed by atoms with Crippen LogP contribution < -0.4 is 5.32 Å². The van der Waals surface area contributed by atoms with Gasteiger partial charge in [-0.2, -0.15) is 0 Å². The first-order chi connectivity index (χ1) is 11.0. The summed E-state index contributed by atoms with van der Waals surface area (Å²) in [7, 11) is 0. The van der Waals surface area contributed by atoms with E-state index in [0.29, 0.717) is 18.7 Å². The summed E-state index contributed by atoms with van der Waals surface area (Å²) in [6.07, 6.45) is 2.43. The largest absolute Gasteiger partial charge is 0.396 e. The standard InChI is InChI=1S/C18H24N2O2S/c1-18(2,10-11-21)13-19-17(22)15-12-23-16(20-15)9-8-14-6-4-3-5-7-14/h3-7,12,21H,8-11,13H2,1-2H3,(H,19,22). The summed E-state index contributed by atoms with van der Waals surface area (Å²) in [6.45, 7) is 4.71. The molecule has 1 amide bonds. The molecular weight excluding hydrogens is 308 g/mol. The Balaban J connectivity index is 1.85. The molecule has 0 aliphatic heterocycles. The maximum atomic E-state index is 12.2. The number of rotatable bonds is 8. The number of nitrogens with zero attached hydrogens (tertiary/aromatic N) is 1. The molecule has 1 heterocycles. The molecule has 0 bridgehead atoms. The van der Waals surface area contributed by atoms with Crippen LogP contribution in [0.15, 0.2) is 35.7 Å². The number of benzene rings is 1. The van der Waals surface area contributed by atoms with E-state index in [-0.39, 0.29) is 17.9 Å². The lowest BCUT2D eigenvalue weighted by atomic mass is 9.90. The molecule has 2 aromatic rings. The zero-order valence-corrected chi connectivity index (χ0v) is 14.5. The summed E-state index contributed by atoms with van der Waals surface area (Å²) in [5.41, 5.74) is 1.65. The van der Waals surface area contributed by atoms with Crippen LogP contribution in [0.25, 0.3) is 0 Å². The summed E-state index contributed by atoms with van der Waals surface area (Å²) in [5, 5.41) is 14.7. The van der Waals surface area contributed by atoms with Gasteiger partial charge in [-0.05, 0) is 23.8 Å². The summed E-state index contributed by atoms with van der Waals surface area (Å²) in [5.74, 6) is -0.141. The number of nitrogens with one attached hydrogen (secondary N) is 1. The predicted octanol–water partition coefficient (Wildman–Crippen LogP) is 3.07. The first-order valence-electron chi connectivity index (χ1n) is 7.87. The number of amides is 1. The molecule has 0 aliphatic rings. The Morgan fingerprint density at radius 2 is 2.00 bits per heavy atom. The van der Waals surface area contributed by atoms with E-state index >= 15 is 0 Å². The Bertz CT molecular complexity index is 623. The van der Waals surface area contributed by atoms with Gasteiger partial charge in [-0.3, -0.25) is 4.79 Å². The van der Waals surface area contributed by atoms with Crippen molar-refractivity contribution in [2.75, 3.05) is 13.2 Å². The number of hydrogen-bond donors (Lipinski definition) is 2. The minimum absolute atomic E-state index is 0.115. The van der Waals surface area contributed by atoms with E-state index in [9.17, 15) is 4.79 Å². The van der Waals surface area contributed by atoms with Gasteiger partial charge in [0, 0.05) is 25.0 Å². The second-order valence-corrected chi connectivity index (χ2v) is 7.38. The van der Waals surface area contributed by atoms with Gasteiger partial charge in [0.2, 0.25) is 0 Å². The quantitative estimate of drug-likeness (QED) is 0.781. The van der Waals surface area contributed by atoms with Crippen molar-refractivity contribution in [1.82, 2.24) is 10.3 Å². The topological polar surface area (TPSA) is 62.2 Å². The number of carbonyl (C=O) groups is 1. The molecule has 4 nitrogen and oxygen atoms in total. The number of carbonyl (C=O) groups excluding carboxylic acids is 1. The highest BCUT2D eigenvalue weighted by molar-refractivity contribution is 7.09. The first-order valence-corrected chi connectivity index (χ1v) is 8.75. The lowest BCUT2D eigenvalue weighted by Crippen LogP contribution is -2.34. The van der Waals surface area contributed by atoms with Crippen LogP contribution in [-0.2, 0) is 12.8 Å². The number of aryl methyl sites for hydroxylation is 2. The molecule has 0 spiro atoms. The average molecular weight is 332 g/mol. The van der Waals surface area contributed by atoms with Crippen LogP contribution in [-0.4, -0.2) is 29.1 Å². The monoisotopic (exact) mass is 332 g/mol.